The molecule has 0 radical (unpaired) electrons. The third kappa shape index (κ3) is 4.51. The third-order valence-corrected chi connectivity index (χ3v) is 7.61. The molecular formula is C26H6F6N4S2. The Bertz CT molecular complexity index is 1820. The normalized spacial score (nSPS) is 11.2. The molecule has 0 spiro atoms. The van der Waals surface area contributed by atoms with Crippen LogP contribution in [0.25, 0.3) is 43.3 Å². The van der Waals surface area contributed by atoms with E-state index in [0.29, 0.717) is 24.3 Å². The lowest BCUT2D eigenvalue weighted by Gasteiger charge is -2.03. The van der Waals surface area contributed by atoms with Crippen molar-refractivity contribution in [2.24, 2.45) is 0 Å². The number of hydrogen-bond donors (Lipinski definition) is 0. The van der Waals surface area contributed by atoms with Crippen LogP contribution in [0.3, 0.4) is 0 Å². The Balaban J connectivity index is 2.34. The zero-order valence-electron chi connectivity index (χ0n) is 18.3. The zero-order chi connectivity index (χ0) is 27.7. The van der Waals surface area contributed by atoms with Crippen molar-refractivity contribution in [1.82, 2.24) is 0 Å². The number of rotatable bonds is 2. The van der Waals surface area contributed by atoms with Crippen molar-refractivity contribution < 1.29 is 26.3 Å². The summed E-state index contributed by atoms with van der Waals surface area (Å²) in [4.78, 5) is 6.26. The van der Waals surface area contributed by atoms with Crippen LogP contribution in [-0.2, 0) is 0 Å². The van der Waals surface area contributed by atoms with Crippen molar-refractivity contribution in [2.75, 3.05) is 0 Å². The molecule has 0 aliphatic carbocycles. The van der Waals surface area contributed by atoms with Gasteiger partial charge in [0, 0.05) is 11.1 Å². The minimum Gasteiger partial charge on any atom is -0.204 e. The van der Waals surface area contributed by atoms with E-state index in [-0.39, 0.29) is 46.0 Å². The van der Waals surface area contributed by atoms with E-state index in [4.69, 9.17) is 13.1 Å². The van der Waals surface area contributed by atoms with E-state index in [1.165, 1.54) is 12.1 Å². The summed E-state index contributed by atoms with van der Waals surface area (Å²) in [7, 11) is 0. The van der Waals surface area contributed by atoms with Gasteiger partial charge in [-0.05, 0) is 47.5 Å². The van der Waals surface area contributed by atoms with Gasteiger partial charge in [0.15, 0.2) is 34.9 Å². The Morgan fingerprint density at radius 1 is 0.632 bits per heavy atom. The van der Waals surface area contributed by atoms with Crippen molar-refractivity contribution in [3.8, 4) is 34.4 Å². The fourth-order valence-electron chi connectivity index (χ4n) is 3.47. The average Bonchev–Trinajstić information content (AvgIpc) is 3.52. The molecule has 4 aromatic rings. The monoisotopic (exact) mass is 552 g/mol. The molecule has 0 saturated heterocycles. The van der Waals surface area contributed by atoms with E-state index < -0.39 is 40.7 Å². The van der Waals surface area contributed by atoms with Crippen molar-refractivity contribution in [2.45, 2.75) is 0 Å². The molecule has 38 heavy (non-hydrogen) atoms. The van der Waals surface area contributed by atoms with Gasteiger partial charge >= 0.3 is 5.82 Å². The Morgan fingerprint density at radius 3 is 1.37 bits per heavy atom. The molecule has 2 aromatic heterocycles. The molecular weight excluding hydrogens is 546 g/mol. The molecule has 0 fully saturated rings. The number of benzene rings is 2. The molecule has 0 atom stereocenters. The molecule has 12 heteroatoms. The maximum absolute atomic E-state index is 14.1. The predicted molar refractivity (Wildman–Crippen MR) is 127 cm³/mol. The molecule has 0 N–H and O–H groups in total. The minimum atomic E-state index is -1.73. The van der Waals surface area contributed by atoms with Crippen LogP contribution in [0.4, 0.5) is 26.3 Å². The lowest BCUT2D eigenvalue weighted by atomic mass is 10.0. The summed E-state index contributed by atoms with van der Waals surface area (Å²) in [5.74, 6) is -9.92. The summed E-state index contributed by atoms with van der Waals surface area (Å²) in [5, 5.41) is 18.7. The summed E-state index contributed by atoms with van der Waals surface area (Å²) >= 11 is 1.62. The van der Waals surface area contributed by atoms with Crippen LogP contribution in [0.5, 0.6) is 0 Å². The van der Waals surface area contributed by atoms with Gasteiger partial charge in [0.25, 0.3) is 0 Å². The van der Waals surface area contributed by atoms with Crippen LogP contribution in [-0.4, -0.2) is 0 Å². The molecule has 4 rings (SSSR count). The summed E-state index contributed by atoms with van der Waals surface area (Å²) in [5.41, 5.74) is -0.685. The van der Waals surface area contributed by atoms with Crippen LogP contribution in [0.2, 0.25) is 0 Å². The molecule has 0 bridgehead atoms. The van der Waals surface area contributed by atoms with Crippen LogP contribution in [0.15, 0.2) is 36.4 Å². The SMILES string of the molecule is [C-]#[N+]C([N+]#[C-])=c1cc(-c2cc(F)c(F)c(F)c2)/c(=c2\sc(=C(C#N)C#N)cc2-c2cc(F)c(F)c(F)c2)s1. The number of nitriles is 2. The number of nitrogens with zero attached hydrogens (tertiary/aromatic N) is 4. The van der Waals surface area contributed by atoms with Crippen molar-refractivity contribution >= 4 is 34.1 Å². The zero-order valence-corrected chi connectivity index (χ0v) is 20.0. The van der Waals surface area contributed by atoms with E-state index in [9.17, 15) is 36.9 Å². The molecule has 0 aliphatic heterocycles. The second kappa shape index (κ2) is 10.2. The quantitative estimate of drug-likeness (QED) is 0.165. The molecule has 0 aliphatic rings. The highest BCUT2D eigenvalue weighted by Gasteiger charge is 2.19. The summed E-state index contributed by atoms with van der Waals surface area (Å²) < 4.78 is 84.2. The molecule has 4 nitrogen and oxygen atoms in total. The number of hydrogen-bond acceptors (Lipinski definition) is 4. The smallest absolute Gasteiger partial charge is 0.204 e. The van der Waals surface area contributed by atoms with Crippen molar-refractivity contribution in [3.63, 3.8) is 0 Å². The maximum atomic E-state index is 14.1. The first-order valence-electron chi connectivity index (χ1n) is 10.0. The summed E-state index contributed by atoms with van der Waals surface area (Å²) in [6.07, 6.45) is 0. The molecule has 0 saturated carbocycles. The third-order valence-electron chi connectivity index (χ3n) is 5.16. The minimum absolute atomic E-state index is 0.0238. The standard InChI is InChI=1S/C26H6F6N4S2/c1-35-26(36-2)21-8-15(12-5-18(29)23(32)19(30)6-12)25(38-21)24-14(7-20(37-24)13(9-33)10-34)11-3-16(27)22(31)17(28)4-11/h3-8H/b25-24+. The van der Waals surface area contributed by atoms with Gasteiger partial charge in [0.1, 0.15) is 35.4 Å². The predicted octanol–water partition coefficient (Wildman–Crippen LogP) is 6.37. The lowest BCUT2D eigenvalue weighted by molar-refractivity contribution is 0.447. The average molecular weight is 552 g/mol. The number of halogens is 6. The van der Waals surface area contributed by atoms with Gasteiger partial charge in [-0.25, -0.2) is 26.3 Å². The Hall–Kier alpha value is -4.88. The molecule has 0 amide bonds. The van der Waals surface area contributed by atoms with Crippen LogP contribution in [0.1, 0.15) is 0 Å². The maximum Gasteiger partial charge on any atom is 0.536 e. The largest absolute Gasteiger partial charge is 0.536 e. The van der Waals surface area contributed by atoms with E-state index in [1.807, 2.05) is 0 Å². The van der Waals surface area contributed by atoms with Gasteiger partial charge in [-0.1, -0.05) is 0 Å². The van der Waals surface area contributed by atoms with Gasteiger partial charge in [0.2, 0.25) is 0 Å². The van der Waals surface area contributed by atoms with Crippen LogP contribution in [0, 0.1) is 79.8 Å². The highest BCUT2D eigenvalue weighted by Crippen LogP contribution is 2.32. The molecule has 2 heterocycles. The number of thiophene rings is 2. The molecule has 2 aromatic carbocycles. The molecule has 0 unspecified atom stereocenters. The van der Waals surface area contributed by atoms with Gasteiger partial charge in [-0.2, -0.15) is 20.2 Å². The Labute approximate surface area is 217 Å². The van der Waals surface area contributed by atoms with E-state index in [2.05, 4.69) is 9.69 Å². The fraction of sp³-hybridized carbons (Fsp3) is 0. The Kier molecular flexibility index (Phi) is 7.06. The molecule has 184 valence electrons. The topological polar surface area (TPSA) is 56.3 Å². The van der Waals surface area contributed by atoms with Crippen molar-refractivity contribution in [3.05, 3.63) is 112 Å². The van der Waals surface area contributed by atoms with Crippen LogP contribution < -0.4 is 9.06 Å². The fourth-order valence-corrected chi connectivity index (χ4v) is 5.87. The van der Waals surface area contributed by atoms with E-state index in [0.717, 1.165) is 22.7 Å². The van der Waals surface area contributed by atoms with Crippen LogP contribution >= 0.6 is 22.7 Å². The Morgan fingerprint density at radius 2 is 1.00 bits per heavy atom. The van der Waals surface area contributed by atoms with Gasteiger partial charge in [-0.15, -0.1) is 22.7 Å². The first-order chi connectivity index (χ1) is 18.1. The first kappa shape index (κ1) is 26.2. The van der Waals surface area contributed by atoms with E-state index >= 15 is 0 Å². The van der Waals surface area contributed by atoms with E-state index in [1.54, 1.807) is 12.1 Å². The second-order valence-electron chi connectivity index (χ2n) is 7.36. The highest BCUT2D eigenvalue weighted by molar-refractivity contribution is 7.12. The van der Waals surface area contributed by atoms with Gasteiger partial charge in [0.05, 0.1) is 13.6 Å². The highest BCUT2D eigenvalue weighted by atomic mass is 32.1. The summed E-state index contributed by atoms with van der Waals surface area (Å²) in [6.45, 7) is 14.5. The second-order valence-corrected chi connectivity index (χ2v) is 9.46. The summed E-state index contributed by atoms with van der Waals surface area (Å²) in [6, 6.07) is 8.67. The van der Waals surface area contributed by atoms with Gasteiger partial charge < -0.3 is 0 Å². The lowest BCUT2D eigenvalue weighted by Crippen LogP contribution is -1.95. The van der Waals surface area contributed by atoms with Crippen molar-refractivity contribution in [1.29, 1.82) is 10.5 Å². The van der Waals surface area contributed by atoms with Gasteiger partial charge in [-0.3, -0.25) is 0 Å². The first-order valence-corrected chi connectivity index (χ1v) is 11.6.